The standard InChI is InChI=1S/C19H21NO/c1-4-14-9-5-6-11-16(14)18(20-3)17-12-15-10-7-8-13(2)19(15)21-17/h5-12,18,20H,4H2,1-3H3. The number of benzene rings is 2. The van der Waals surface area contributed by atoms with Gasteiger partial charge in [-0.1, -0.05) is 49.4 Å². The summed E-state index contributed by atoms with van der Waals surface area (Å²) < 4.78 is 6.14. The van der Waals surface area contributed by atoms with Crippen LogP contribution in [-0.4, -0.2) is 7.05 Å². The minimum absolute atomic E-state index is 0.0907. The molecule has 0 aliphatic rings. The average molecular weight is 279 g/mol. The molecule has 0 aliphatic carbocycles. The van der Waals surface area contributed by atoms with E-state index in [1.165, 1.54) is 22.1 Å². The molecule has 21 heavy (non-hydrogen) atoms. The first-order chi connectivity index (χ1) is 10.2. The van der Waals surface area contributed by atoms with Crippen LogP contribution >= 0.6 is 0 Å². The van der Waals surface area contributed by atoms with Gasteiger partial charge in [0, 0.05) is 5.39 Å². The molecule has 0 saturated heterocycles. The lowest BCUT2D eigenvalue weighted by atomic mass is 9.97. The van der Waals surface area contributed by atoms with Crippen LogP contribution in [0.1, 0.15) is 35.4 Å². The van der Waals surface area contributed by atoms with Gasteiger partial charge in [0.25, 0.3) is 0 Å². The van der Waals surface area contributed by atoms with Crippen LogP contribution in [0.25, 0.3) is 11.0 Å². The Hall–Kier alpha value is -2.06. The molecule has 1 heterocycles. The first-order valence-electron chi connectivity index (χ1n) is 7.48. The van der Waals surface area contributed by atoms with E-state index in [9.17, 15) is 0 Å². The second-order valence-corrected chi connectivity index (χ2v) is 5.42. The van der Waals surface area contributed by atoms with Gasteiger partial charge >= 0.3 is 0 Å². The van der Waals surface area contributed by atoms with Crippen LogP contribution in [0.5, 0.6) is 0 Å². The molecule has 108 valence electrons. The maximum atomic E-state index is 6.14. The molecule has 1 unspecified atom stereocenters. The van der Waals surface area contributed by atoms with Crippen molar-refractivity contribution in [3.8, 4) is 0 Å². The zero-order chi connectivity index (χ0) is 14.8. The largest absolute Gasteiger partial charge is 0.459 e. The molecule has 1 N–H and O–H groups in total. The van der Waals surface area contributed by atoms with Crippen molar-refractivity contribution in [2.75, 3.05) is 7.05 Å². The Labute approximate surface area is 125 Å². The fraction of sp³-hybridized carbons (Fsp3) is 0.263. The number of furan rings is 1. The molecule has 0 saturated carbocycles. The third-order valence-corrected chi connectivity index (χ3v) is 4.08. The van der Waals surface area contributed by atoms with E-state index in [2.05, 4.69) is 67.7 Å². The van der Waals surface area contributed by atoms with Crippen molar-refractivity contribution in [2.45, 2.75) is 26.3 Å². The maximum absolute atomic E-state index is 6.14. The van der Waals surface area contributed by atoms with Crippen molar-refractivity contribution in [1.29, 1.82) is 0 Å². The molecule has 0 aliphatic heterocycles. The molecule has 0 bridgehead atoms. The number of para-hydroxylation sites is 1. The highest BCUT2D eigenvalue weighted by Gasteiger charge is 2.19. The van der Waals surface area contributed by atoms with Crippen LogP contribution < -0.4 is 5.32 Å². The van der Waals surface area contributed by atoms with Crippen LogP contribution in [0, 0.1) is 6.92 Å². The van der Waals surface area contributed by atoms with Gasteiger partial charge in [-0.3, -0.25) is 0 Å². The molecule has 1 atom stereocenters. The number of fused-ring (bicyclic) bond motifs is 1. The maximum Gasteiger partial charge on any atom is 0.137 e. The summed E-state index contributed by atoms with van der Waals surface area (Å²) in [6, 6.07) is 17.1. The van der Waals surface area contributed by atoms with Crippen LogP contribution in [0.15, 0.2) is 52.9 Å². The van der Waals surface area contributed by atoms with Crippen molar-refractivity contribution >= 4 is 11.0 Å². The molecule has 3 rings (SSSR count). The van der Waals surface area contributed by atoms with Gasteiger partial charge in [0.1, 0.15) is 11.3 Å². The lowest BCUT2D eigenvalue weighted by molar-refractivity contribution is 0.489. The van der Waals surface area contributed by atoms with Crippen LogP contribution in [0.4, 0.5) is 0 Å². The minimum atomic E-state index is 0.0907. The Morgan fingerprint density at radius 3 is 2.62 bits per heavy atom. The van der Waals surface area contributed by atoms with Crippen LogP contribution in [0.2, 0.25) is 0 Å². The van der Waals surface area contributed by atoms with Gasteiger partial charge in [0.2, 0.25) is 0 Å². The quantitative estimate of drug-likeness (QED) is 0.754. The van der Waals surface area contributed by atoms with Crippen molar-refractivity contribution in [1.82, 2.24) is 5.32 Å². The van der Waals surface area contributed by atoms with Crippen molar-refractivity contribution < 1.29 is 4.42 Å². The van der Waals surface area contributed by atoms with Crippen LogP contribution in [0.3, 0.4) is 0 Å². The third-order valence-electron chi connectivity index (χ3n) is 4.08. The number of aryl methyl sites for hydroxylation is 2. The van der Waals surface area contributed by atoms with Gasteiger partial charge in [-0.2, -0.15) is 0 Å². The molecule has 0 spiro atoms. The number of hydrogen-bond donors (Lipinski definition) is 1. The minimum Gasteiger partial charge on any atom is -0.459 e. The van der Waals surface area contributed by atoms with Crippen molar-refractivity contribution in [3.05, 3.63) is 71.0 Å². The summed E-state index contributed by atoms with van der Waals surface area (Å²) in [6.45, 7) is 4.28. The lowest BCUT2D eigenvalue weighted by Gasteiger charge is -2.17. The predicted octanol–water partition coefficient (Wildman–Crippen LogP) is 4.61. The average Bonchev–Trinajstić information content (AvgIpc) is 2.94. The smallest absolute Gasteiger partial charge is 0.137 e. The molecule has 0 fully saturated rings. The summed E-state index contributed by atoms with van der Waals surface area (Å²) in [6.07, 6.45) is 1.02. The molecule has 2 nitrogen and oxygen atoms in total. The molecular weight excluding hydrogens is 258 g/mol. The molecule has 0 amide bonds. The molecular formula is C19H21NO. The van der Waals surface area contributed by atoms with Gasteiger partial charge in [-0.25, -0.2) is 0 Å². The SMILES string of the molecule is CCc1ccccc1C(NC)c1cc2cccc(C)c2o1. The Bertz CT molecular complexity index is 757. The van der Waals surface area contributed by atoms with Crippen LogP contribution in [-0.2, 0) is 6.42 Å². The fourth-order valence-corrected chi connectivity index (χ4v) is 2.96. The summed E-state index contributed by atoms with van der Waals surface area (Å²) >= 11 is 0. The highest BCUT2D eigenvalue weighted by atomic mass is 16.3. The predicted molar refractivity (Wildman–Crippen MR) is 87.7 cm³/mol. The Morgan fingerprint density at radius 1 is 1.10 bits per heavy atom. The molecule has 2 heteroatoms. The van der Waals surface area contributed by atoms with Crippen molar-refractivity contribution in [3.63, 3.8) is 0 Å². The second kappa shape index (κ2) is 5.74. The van der Waals surface area contributed by atoms with E-state index in [0.29, 0.717) is 0 Å². The van der Waals surface area contributed by atoms with Crippen molar-refractivity contribution in [2.24, 2.45) is 0 Å². The highest BCUT2D eigenvalue weighted by molar-refractivity contribution is 5.81. The van der Waals surface area contributed by atoms with Gasteiger partial charge < -0.3 is 9.73 Å². The number of rotatable bonds is 4. The first-order valence-corrected chi connectivity index (χ1v) is 7.48. The number of hydrogen-bond acceptors (Lipinski definition) is 2. The zero-order valence-corrected chi connectivity index (χ0v) is 12.8. The monoisotopic (exact) mass is 279 g/mol. The summed E-state index contributed by atoms with van der Waals surface area (Å²) in [7, 11) is 1.98. The third kappa shape index (κ3) is 2.47. The first kappa shape index (κ1) is 13.9. The summed E-state index contributed by atoms with van der Waals surface area (Å²) in [5.41, 5.74) is 4.81. The van der Waals surface area contributed by atoms with Gasteiger partial charge in [-0.15, -0.1) is 0 Å². The summed E-state index contributed by atoms with van der Waals surface area (Å²) in [5.74, 6) is 0.975. The molecule has 1 aromatic heterocycles. The topological polar surface area (TPSA) is 25.2 Å². The van der Waals surface area contributed by atoms with Gasteiger partial charge in [-0.05, 0) is 43.1 Å². The lowest BCUT2D eigenvalue weighted by Crippen LogP contribution is -2.18. The summed E-state index contributed by atoms with van der Waals surface area (Å²) in [4.78, 5) is 0. The van der Waals surface area contributed by atoms with E-state index in [4.69, 9.17) is 4.42 Å². The van der Waals surface area contributed by atoms with E-state index in [0.717, 1.165) is 17.8 Å². The molecule has 2 aromatic carbocycles. The molecule has 0 radical (unpaired) electrons. The normalized spacial score (nSPS) is 12.7. The fourth-order valence-electron chi connectivity index (χ4n) is 2.96. The van der Waals surface area contributed by atoms with E-state index in [1.807, 2.05) is 7.05 Å². The number of nitrogens with one attached hydrogen (secondary N) is 1. The van der Waals surface area contributed by atoms with E-state index >= 15 is 0 Å². The second-order valence-electron chi connectivity index (χ2n) is 5.42. The summed E-state index contributed by atoms with van der Waals surface area (Å²) in [5, 5.41) is 4.56. The van der Waals surface area contributed by atoms with Gasteiger partial charge in [0.15, 0.2) is 0 Å². The van der Waals surface area contributed by atoms with E-state index in [-0.39, 0.29) is 6.04 Å². The van der Waals surface area contributed by atoms with E-state index in [1.54, 1.807) is 0 Å². The van der Waals surface area contributed by atoms with Gasteiger partial charge in [0.05, 0.1) is 6.04 Å². The Balaban J connectivity index is 2.12. The highest BCUT2D eigenvalue weighted by Crippen LogP contribution is 2.31. The van der Waals surface area contributed by atoms with E-state index < -0.39 is 0 Å². The zero-order valence-electron chi connectivity index (χ0n) is 12.8. The Morgan fingerprint density at radius 2 is 1.90 bits per heavy atom. The Kier molecular flexibility index (Phi) is 3.80. The molecule has 3 aromatic rings.